The van der Waals surface area contributed by atoms with Gasteiger partial charge >= 0.3 is 5.97 Å². The minimum atomic E-state index is -1.10. The number of hydrogen-bond donors (Lipinski definition) is 3. The predicted molar refractivity (Wildman–Crippen MR) is 76.7 cm³/mol. The van der Waals surface area contributed by atoms with Crippen molar-refractivity contribution in [2.45, 2.75) is 6.04 Å². The molecule has 1 unspecified atom stereocenters. The number of aliphatic hydroxyl groups is 1. The van der Waals surface area contributed by atoms with E-state index in [9.17, 15) is 14.3 Å². The van der Waals surface area contributed by atoms with Crippen molar-refractivity contribution >= 4 is 11.8 Å². The van der Waals surface area contributed by atoms with Gasteiger partial charge in [-0.15, -0.1) is 0 Å². The van der Waals surface area contributed by atoms with Gasteiger partial charge in [0.05, 0.1) is 11.6 Å². The molecule has 1 atom stereocenters. The maximum Gasteiger partial charge on any atom is 0.335 e. The zero-order valence-corrected chi connectivity index (χ0v) is 11.3. The van der Waals surface area contributed by atoms with E-state index in [1.54, 1.807) is 18.2 Å². The lowest BCUT2D eigenvalue weighted by Crippen LogP contribution is -2.34. The van der Waals surface area contributed by atoms with Gasteiger partial charge in [-0.3, -0.25) is 0 Å². The molecule has 0 amide bonds. The summed E-state index contributed by atoms with van der Waals surface area (Å²) in [4.78, 5) is 15.0. The fourth-order valence-corrected chi connectivity index (χ4v) is 2.21. The third-order valence-corrected chi connectivity index (χ3v) is 3.27. The lowest BCUT2D eigenvalue weighted by molar-refractivity contribution is 0.0696. The number of aromatic nitrogens is 1. The Morgan fingerprint density at radius 1 is 1.32 bits per heavy atom. The Morgan fingerprint density at radius 3 is 2.82 bits per heavy atom. The van der Waals surface area contributed by atoms with Gasteiger partial charge in [0.25, 0.3) is 0 Å². The van der Waals surface area contributed by atoms with E-state index < -0.39 is 17.8 Å². The average molecular weight is 301 g/mol. The topological polar surface area (TPSA) is 85.7 Å². The van der Waals surface area contributed by atoms with E-state index >= 15 is 0 Å². The first-order chi connectivity index (χ1) is 10.6. The number of pyridine rings is 1. The number of rotatable bonds is 3. The summed E-state index contributed by atoms with van der Waals surface area (Å²) in [6, 6.07) is 8.27. The highest BCUT2D eigenvalue weighted by Gasteiger charge is 2.27. The molecule has 1 aliphatic heterocycles. The number of carbonyl (C=O) groups is 1. The zero-order chi connectivity index (χ0) is 15.7. The number of hydrogen-bond acceptors (Lipinski definition) is 5. The Bertz CT molecular complexity index is 763. The van der Waals surface area contributed by atoms with Gasteiger partial charge < -0.3 is 10.2 Å². The normalized spacial score (nSPS) is 17.4. The smallest absolute Gasteiger partial charge is 0.335 e. The molecule has 3 N–H and O–H groups in total. The van der Waals surface area contributed by atoms with Crippen molar-refractivity contribution < 1.29 is 19.4 Å². The second-order valence-electron chi connectivity index (χ2n) is 4.70. The molecular formula is C15H12FN3O3. The van der Waals surface area contributed by atoms with Gasteiger partial charge in [0, 0.05) is 17.8 Å². The number of aliphatic hydroxyl groups excluding tert-OH is 1. The van der Waals surface area contributed by atoms with Crippen LogP contribution in [0.1, 0.15) is 22.0 Å². The quantitative estimate of drug-likeness (QED) is 0.807. The van der Waals surface area contributed by atoms with E-state index in [1.807, 2.05) is 0 Å². The summed E-state index contributed by atoms with van der Waals surface area (Å²) in [7, 11) is 0. The highest BCUT2D eigenvalue weighted by Crippen LogP contribution is 2.28. The minimum absolute atomic E-state index is 0.0361. The van der Waals surface area contributed by atoms with Crippen LogP contribution < -0.4 is 10.4 Å². The highest BCUT2D eigenvalue weighted by molar-refractivity contribution is 5.88. The number of nitrogens with zero attached hydrogens (tertiary/aromatic N) is 2. The van der Waals surface area contributed by atoms with Crippen molar-refractivity contribution in [3.63, 3.8) is 0 Å². The molecule has 0 fully saturated rings. The first-order valence-corrected chi connectivity index (χ1v) is 6.47. The van der Waals surface area contributed by atoms with Crippen molar-refractivity contribution in [2.24, 2.45) is 0 Å². The van der Waals surface area contributed by atoms with Gasteiger partial charge in [-0.05, 0) is 18.2 Å². The van der Waals surface area contributed by atoms with E-state index in [0.717, 1.165) is 0 Å². The summed E-state index contributed by atoms with van der Waals surface area (Å²) in [6.07, 6.45) is 2.75. The molecule has 6 nitrogen and oxygen atoms in total. The van der Waals surface area contributed by atoms with Crippen LogP contribution in [0.25, 0.3) is 0 Å². The molecule has 2 aromatic rings. The van der Waals surface area contributed by atoms with Crippen molar-refractivity contribution in [1.82, 2.24) is 10.4 Å². The summed E-state index contributed by atoms with van der Waals surface area (Å²) >= 11 is 0. The van der Waals surface area contributed by atoms with Crippen molar-refractivity contribution in [3.8, 4) is 0 Å². The van der Waals surface area contributed by atoms with Crippen LogP contribution in [0.2, 0.25) is 0 Å². The number of nitrogens with one attached hydrogen (secondary N) is 1. The second kappa shape index (κ2) is 5.45. The van der Waals surface area contributed by atoms with Gasteiger partial charge in [0.1, 0.15) is 5.82 Å². The molecule has 0 saturated heterocycles. The van der Waals surface area contributed by atoms with Crippen molar-refractivity contribution in [1.29, 1.82) is 0 Å². The van der Waals surface area contributed by atoms with Crippen LogP contribution >= 0.6 is 0 Å². The molecule has 0 aliphatic carbocycles. The Labute approximate surface area is 125 Å². The summed E-state index contributed by atoms with van der Waals surface area (Å²) < 4.78 is 13.8. The maximum absolute atomic E-state index is 13.8. The van der Waals surface area contributed by atoms with E-state index in [1.165, 1.54) is 35.5 Å². The lowest BCUT2D eigenvalue weighted by Gasteiger charge is -2.20. The SMILES string of the molecule is O=C(O)c1ccnc(N2NC(c3ccccc3F)C=C2O)c1. The molecule has 22 heavy (non-hydrogen) atoms. The Balaban J connectivity index is 1.90. The largest absolute Gasteiger partial charge is 0.494 e. The van der Waals surface area contributed by atoms with Crippen LogP contribution in [0.4, 0.5) is 10.2 Å². The second-order valence-corrected chi connectivity index (χ2v) is 4.70. The molecule has 2 heterocycles. The average Bonchev–Trinajstić information content (AvgIpc) is 2.89. The van der Waals surface area contributed by atoms with Crippen molar-refractivity contribution in [3.05, 3.63) is 71.5 Å². The molecule has 1 aromatic heterocycles. The Hall–Kier alpha value is -2.93. The van der Waals surface area contributed by atoms with Crippen LogP contribution in [0.3, 0.4) is 0 Å². The first kappa shape index (κ1) is 14.0. The predicted octanol–water partition coefficient (Wildman–Crippen LogP) is 2.38. The van der Waals surface area contributed by atoms with Crippen LogP contribution in [0.15, 0.2) is 54.6 Å². The van der Waals surface area contributed by atoms with Gasteiger partial charge in [-0.25, -0.2) is 24.6 Å². The molecule has 0 bridgehead atoms. The number of benzene rings is 1. The summed E-state index contributed by atoms with van der Waals surface area (Å²) in [5.41, 5.74) is 3.28. The number of anilines is 1. The van der Waals surface area contributed by atoms with Crippen LogP contribution in [-0.4, -0.2) is 21.2 Å². The number of carboxylic acids is 1. The summed E-state index contributed by atoms with van der Waals surface area (Å²) in [6.45, 7) is 0. The molecule has 112 valence electrons. The van der Waals surface area contributed by atoms with Crippen LogP contribution in [-0.2, 0) is 0 Å². The monoisotopic (exact) mass is 301 g/mol. The fourth-order valence-electron chi connectivity index (χ4n) is 2.21. The minimum Gasteiger partial charge on any atom is -0.494 e. The third kappa shape index (κ3) is 2.49. The highest BCUT2D eigenvalue weighted by atomic mass is 19.1. The van der Waals surface area contributed by atoms with E-state index in [-0.39, 0.29) is 17.3 Å². The van der Waals surface area contributed by atoms with E-state index in [2.05, 4.69) is 10.4 Å². The fraction of sp³-hybridized carbons (Fsp3) is 0.0667. The lowest BCUT2D eigenvalue weighted by atomic mass is 10.1. The van der Waals surface area contributed by atoms with Crippen LogP contribution in [0.5, 0.6) is 0 Å². The molecule has 0 saturated carbocycles. The number of halogens is 1. The van der Waals surface area contributed by atoms with E-state index in [0.29, 0.717) is 5.56 Å². The molecular weight excluding hydrogens is 289 g/mol. The molecule has 7 heteroatoms. The summed E-state index contributed by atoms with van der Waals surface area (Å²) in [5.74, 6) is -1.48. The summed E-state index contributed by atoms with van der Waals surface area (Å²) in [5, 5.41) is 20.2. The van der Waals surface area contributed by atoms with Crippen LogP contribution in [0, 0.1) is 5.82 Å². The van der Waals surface area contributed by atoms with Gasteiger partial charge in [-0.1, -0.05) is 18.2 Å². The Morgan fingerprint density at radius 2 is 2.09 bits per heavy atom. The first-order valence-electron chi connectivity index (χ1n) is 6.47. The van der Waals surface area contributed by atoms with Gasteiger partial charge in [0.15, 0.2) is 5.82 Å². The number of aromatic carboxylic acids is 1. The van der Waals surface area contributed by atoms with Gasteiger partial charge in [-0.2, -0.15) is 0 Å². The molecule has 0 spiro atoms. The molecule has 1 aromatic carbocycles. The third-order valence-electron chi connectivity index (χ3n) is 3.27. The van der Waals surface area contributed by atoms with E-state index in [4.69, 9.17) is 5.11 Å². The standard InChI is InChI=1S/C15H12FN3O3/c16-11-4-2-1-3-10(11)12-8-14(20)19(18-12)13-7-9(15(21)22)5-6-17-13/h1-8,12,18,20H,(H,21,22). The number of carboxylic acid groups (broad SMARTS) is 1. The maximum atomic E-state index is 13.8. The van der Waals surface area contributed by atoms with Gasteiger partial charge in [0.2, 0.25) is 5.88 Å². The Kier molecular flexibility index (Phi) is 3.48. The molecule has 1 aliphatic rings. The number of hydrazine groups is 1. The molecule has 0 radical (unpaired) electrons. The molecule has 3 rings (SSSR count). The van der Waals surface area contributed by atoms with Crippen molar-refractivity contribution in [2.75, 3.05) is 5.01 Å². The zero-order valence-electron chi connectivity index (χ0n) is 11.3.